The van der Waals surface area contributed by atoms with Crippen LogP contribution in [-0.4, -0.2) is 12.6 Å². The van der Waals surface area contributed by atoms with Gasteiger partial charge in [-0.15, -0.1) is 6.58 Å². The minimum absolute atomic E-state index is 0.0631. The number of allylic oxidation sites excluding steroid dienone is 1. The molecule has 5 rings (SSSR count). The Balaban J connectivity index is 1.19. The lowest BCUT2D eigenvalue weighted by Gasteiger charge is -2.28. The smallest absolute Gasteiger partial charge is 0.314 e. The predicted molar refractivity (Wildman–Crippen MR) is 127 cm³/mol. The topological polar surface area (TPSA) is 38.8 Å². The van der Waals surface area contributed by atoms with Crippen LogP contribution in [0.15, 0.2) is 36.9 Å². The van der Waals surface area contributed by atoms with Crippen molar-refractivity contribution in [2.24, 2.45) is 11.8 Å². The number of hydrogen-bond donors (Lipinski definition) is 0. The second-order valence-electron chi connectivity index (χ2n) is 10.3. The maximum atomic E-state index is 14.8. The van der Waals surface area contributed by atoms with Crippen LogP contribution in [-0.2, 0) is 9.53 Å². The van der Waals surface area contributed by atoms with E-state index in [0.717, 1.165) is 25.7 Å². The highest BCUT2D eigenvalue weighted by Crippen LogP contribution is 2.42. The minimum Gasteiger partial charge on any atom is -0.423 e. The molecule has 36 heavy (non-hydrogen) atoms. The highest BCUT2D eigenvalue weighted by Gasteiger charge is 2.34. The number of carbonyl (C=O) groups excluding carboxylic acids is 1. The second-order valence-corrected chi connectivity index (χ2v) is 10.3. The Morgan fingerprint density at radius 3 is 1.86 bits per heavy atom. The van der Waals surface area contributed by atoms with Crippen molar-refractivity contribution in [2.75, 3.05) is 6.61 Å². The van der Waals surface area contributed by atoms with Crippen molar-refractivity contribution in [2.45, 2.75) is 69.3 Å². The second kappa shape index (κ2) is 10.4. The van der Waals surface area contributed by atoms with Crippen LogP contribution in [0.25, 0.3) is 0 Å². The van der Waals surface area contributed by atoms with E-state index in [9.17, 15) is 22.4 Å². The number of epoxide rings is 1. The van der Waals surface area contributed by atoms with E-state index in [1.54, 1.807) is 12.1 Å². The molecule has 1 heterocycles. The third-order valence-corrected chi connectivity index (χ3v) is 8.15. The molecule has 0 radical (unpaired) electrons. The van der Waals surface area contributed by atoms with Crippen LogP contribution in [0.5, 0.6) is 5.75 Å². The molecule has 2 saturated carbocycles. The van der Waals surface area contributed by atoms with E-state index in [1.165, 1.54) is 12.1 Å². The Morgan fingerprint density at radius 2 is 1.28 bits per heavy atom. The third kappa shape index (κ3) is 4.95. The van der Waals surface area contributed by atoms with E-state index in [0.29, 0.717) is 49.3 Å². The molecule has 3 nitrogen and oxygen atoms in total. The fraction of sp³-hybridized carbons (Fsp3) is 0.483. The average molecular weight is 503 g/mol. The summed E-state index contributed by atoms with van der Waals surface area (Å²) in [5.74, 6) is -5.24. The molecule has 1 saturated heterocycles. The molecular weight excluding hydrogens is 472 g/mol. The summed E-state index contributed by atoms with van der Waals surface area (Å²) in [6.45, 7) is 4.21. The first-order chi connectivity index (χ1) is 17.4. The van der Waals surface area contributed by atoms with Gasteiger partial charge in [0.15, 0.2) is 23.2 Å². The summed E-state index contributed by atoms with van der Waals surface area (Å²) in [5, 5.41) is 0. The summed E-state index contributed by atoms with van der Waals surface area (Å²) in [7, 11) is 0. The van der Waals surface area contributed by atoms with Crippen molar-refractivity contribution in [1.29, 1.82) is 0 Å². The zero-order valence-corrected chi connectivity index (χ0v) is 20.1. The maximum Gasteiger partial charge on any atom is 0.314 e. The molecule has 0 amide bonds. The Bertz CT molecular complexity index is 1140. The van der Waals surface area contributed by atoms with Crippen molar-refractivity contribution < 1.29 is 31.8 Å². The van der Waals surface area contributed by atoms with E-state index in [4.69, 9.17) is 9.47 Å². The standard InChI is InChI=1S/C29H30F4O3/c1-2-16-3-5-17(6-4-16)21-13-14-23(28(33)26(21)31)36-29(34)19-9-7-18(8-10-19)20-11-12-22(24-15-35-24)27(32)25(20)30/h2,11-14,16-19,24H,1,3-10,15H2. The van der Waals surface area contributed by atoms with E-state index < -0.39 is 40.9 Å². The van der Waals surface area contributed by atoms with Crippen molar-refractivity contribution >= 4 is 5.97 Å². The van der Waals surface area contributed by atoms with Gasteiger partial charge in [0.05, 0.1) is 12.5 Å². The van der Waals surface area contributed by atoms with Crippen LogP contribution in [0.2, 0.25) is 0 Å². The summed E-state index contributed by atoms with van der Waals surface area (Å²) >= 11 is 0. The van der Waals surface area contributed by atoms with Gasteiger partial charge in [0, 0.05) is 5.56 Å². The molecule has 3 aliphatic rings. The zero-order chi connectivity index (χ0) is 25.4. The number of benzene rings is 2. The molecule has 0 spiro atoms. The molecule has 0 aromatic heterocycles. The summed E-state index contributed by atoms with van der Waals surface area (Å²) in [6.07, 6.45) is 6.59. The summed E-state index contributed by atoms with van der Waals surface area (Å²) in [5.41, 5.74) is 0.858. The Labute approximate surface area is 208 Å². The van der Waals surface area contributed by atoms with Crippen molar-refractivity contribution in [3.8, 4) is 5.75 Å². The van der Waals surface area contributed by atoms with Gasteiger partial charge in [-0.3, -0.25) is 4.79 Å². The third-order valence-electron chi connectivity index (χ3n) is 8.15. The van der Waals surface area contributed by atoms with Crippen LogP contribution >= 0.6 is 0 Å². The monoisotopic (exact) mass is 502 g/mol. The van der Waals surface area contributed by atoms with Crippen molar-refractivity contribution in [1.82, 2.24) is 0 Å². The fourth-order valence-electron chi connectivity index (χ4n) is 5.81. The molecule has 0 N–H and O–H groups in total. The van der Waals surface area contributed by atoms with Gasteiger partial charge in [0.25, 0.3) is 0 Å². The SMILES string of the molecule is C=CC1CCC(c2ccc(OC(=O)C3CCC(c4ccc(C5CO5)c(F)c4F)CC3)c(F)c2F)CC1. The van der Waals surface area contributed by atoms with Gasteiger partial charge in [0.2, 0.25) is 5.82 Å². The first kappa shape index (κ1) is 25.0. The Morgan fingerprint density at radius 1 is 0.778 bits per heavy atom. The van der Waals surface area contributed by atoms with Gasteiger partial charge < -0.3 is 9.47 Å². The number of hydrogen-bond acceptors (Lipinski definition) is 3. The van der Waals surface area contributed by atoms with Crippen LogP contribution in [0.1, 0.15) is 86.0 Å². The normalized spacial score (nSPS) is 27.9. The number of esters is 1. The number of halogens is 4. The molecule has 3 fully saturated rings. The predicted octanol–water partition coefficient (Wildman–Crippen LogP) is 7.65. The minimum atomic E-state index is -1.14. The fourth-order valence-corrected chi connectivity index (χ4v) is 5.81. The lowest BCUT2D eigenvalue weighted by molar-refractivity contribution is -0.140. The summed E-state index contributed by atoms with van der Waals surface area (Å²) < 4.78 is 69.0. The molecular formula is C29H30F4O3. The first-order valence-electron chi connectivity index (χ1n) is 12.8. The van der Waals surface area contributed by atoms with Crippen molar-refractivity contribution in [3.05, 3.63) is 76.9 Å². The first-order valence-corrected chi connectivity index (χ1v) is 12.8. The van der Waals surface area contributed by atoms with E-state index in [2.05, 4.69) is 6.58 Å². The molecule has 7 heteroatoms. The van der Waals surface area contributed by atoms with Crippen LogP contribution in [0.3, 0.4) is 0 Å². The lowest BCUT2D eigenvalue weighted by atomic mass is 9.78. The van der Waals surface area contributed by atoms with Gasteiger partial charge in [-0.1, -0.05) is 24.3 Å². The van der Waals surface area contributed by atoms with Crippen LogP contribution < -0.4 is 4.74 Å². The van der Waals surface area contributed by atoms with Gasteiger partial charge in [-0.2, -0.15) is 4.39 Å². The van der Waals surface area contributed by atoms with Gasteiger partial charge >= 0.3 is 5.97 Å². The van der Waals surface area contributed by atoms with Gasteiger partial charge in [-0.05, 0) is 86.3 Å². The molecule has 192 valence electrons. The molecule has 2 aromatic carbocycles. The highest BCUT2D eigenvalue weighted by atomic mass is 19.2. The number of ether oxygens (including phenoxy) is 2. The van der Waals surface area contributed by atoms with Gasteiger partial charge in [-0.25, -0.2) is 13.2 Å². The van der Waals surface area contributed by atoms with E-state index in [-0.39, 0.29) is 23.5 Å². The lowest BCUT2D eigenvalue weighted by Crippen LogP contribution is -2.26. The Hall–Kier alpha value is -2.67. The van der Waals surface area contributed by atoms with Crippen LogP contribution in [0, 0.1) is 35.1 Å². The number of rotatable bonds is 6. The highest BCUT2D eigenvalue weighted by molar-refractivity contribution is 5.75. The molecule has 1 atom stereocenters. The molecule has 2 aromatic rings. The molecule has 0 bridgehead atoms. The maximum absolute atomic E-state index is 14.8. The van der Waals surface area contributed by atoms with Gasteiger partial charge in [0.1, 0.15) is 6.10 Å². The van der Waals surface area contributed by atoms with E-state index in [1.807, 2.05) is 6.08 Å². The average Bonchev–Trinajstić information content (AvgIpc) is 3.74. The largest absolute Gasteiger partial charge is 0.423 e. The zero-order valence-electron chi connectivity index (χ0n) is 20.1. The molecule has 2 aliphatic carbocycles. The molecule has 1 unspecified atom stereocenters. The number of carbonyl (C=O) groups is 1. The Kier molecular flexibility index (Phi) is 7.20. The van der Waals surface area contributed by atoms with E-state index >= 15 is 0 Å². The molecule has 1 aliphatic heterocycles. The van der Waals surface area contributed by atoms with Crippen LogP contribution in [0.4, 0.5) is 17.6 Å². The summed E-state index contributed by atoms with van der Waals surface area (Å²) in [6, 6.07) is 6.02. The van der Waals surface area contributed by atoms with Crippen molar-refractivity contribution in [3.63, 3.8) is 0 Å². The quantitative estimate of drug-likeness (QED) is 0.134. The summed E-state index contributed by atoms with van der Waals surface area (Å²) in [4.78, 5) is 12.7.